The Balaban J connectivity index is 1.51. The molecule has 3 rings (SSSR count). The number of nitrogens with one attached hydrogen (secondary N) is 1. The second-order valence-corrected chi connectivity index (χ2v) is 7.83. The van der Waals surface area contributed by atoms with Gasteiger partial charge in [-0.1, -0.05) is 19.1 Å². The average Bonchev–Trinajstić information content (AvgIpc) is 3.28. The number of methoxy groups -OCH3 is 1. The number of ether oxygens (including phenoxy) is 1. The Hall–Kier alpha value is -2.50. The van der Waals surface area contributed by atoms with Crippen molar-refractivity contribution in [3.63, 3.8) is 0 Å². The normalized spacial score (nSPS) is 20.0. The van der Waals surface area contributed by atoms with Crippen molar-refractivity contribution in [2.45, 2.75) is 45.6 Å². The molecule has 1 fully saturated rings. The first kappa shape index (κ1) is 21.2. The highest BCUT2D eigenvalue weighted by Gasteiger charge is 2.28. The third-order valence-electron chi connectivity index (χ3n) is 5.76. The Morgan fingerprint density at radius 3 is 2.79 bits per heavy atom. The van der Waals surface area contributed by atoms with E-state index in [2.05, 4.69) is 51.9 Å². The molecule has 0 spiro atoms. The number of aromatic nitrogens is 2. The van der Waals surface area contributed by atoms with Crippen LogP contribution in [0.2, 0.25) is 0 Å². The molecule has 6 nitrogen and oxygen atoms in total. The lowest BCUT2D eigenvalue weighted by Gasteiger charge is -2.39. The summed E-state index contributed by atoms with van der Waals surface area (Å²) < 4.78 is 7.47. The number of benzene rings is 1. The highest BCUT2D eigenvalue weighted by molar-refractivity contribution is 5.80. The fourth-order valence-corrected chi connectivity index (χ4v) is 3.94. The lowest BCUT2D eigenvalue weighted by Crippen LogP contribution is -2.49. The largest absolute Gasteiger partial charge is 0.497 e. The Labute approximate surface area is 175 Å². The van der Waals surface area contributed by atoms with Gasteiger partial charge in [-0.3, -0.25) is 4.99 Å². The average molecular weight is 398 g/mol. The monoisotopic (exact) mass is 397 g/mol. The maximum atomic E-state index is 5.22. The standard InChI is InChI=1S/C23H35N5O/c1-4-25-23(26-13-6-5-7-20-8-10-21(29-3)11-9-20)27-15-12-19(2)22(17-27)28-16-14-24-18-28/h8-11,14,16,18-19,22H,4-7,12-13,15,17H2,1-3H3,(H,25,26). The van der Waals surface area contributed by atoms with Crippen molar-refractivity contribution in [3.8, 4) is 5.75 Å². The Morgan fingerprint density at radius 2 is 2.10 bits per heavy atom. The molecule has 1 N–H and O–H groups in total. The second-order valence-electron chi connectivity index (χ2n) is 7.83. The number of rotatable bonds is 8. The maximum Gasteiger partial charge on any atom is 0.193 e. The summed E-state index contributed by atoms with van der Waals surface area (Å²) in [6.45, 7) is 8.27. The molecule has 29 heavy (non-hydrogen) atoms. The van der Waals surface area contributed by atoms with Crippen LogP contribution in [0.4, 0.5) is 0 Å². The summed E-state index contributed by atoms with van der Waals surface area (Å²) >= 11 is 0. The van der Waals surface area contributed by atoms with Gasteiger partial charge in [-0.25, -0.2) is 4.98 Å². The number of likely N-dealkylation sites (tertiary alicyclic amines) is 1. The van der Waals surface area contributed by atoms with Crippen molar-refractivity contribution < 1.29 is 4.74 Å². The molecule has 2 aromatic rings. The van der Waals surface area contributed by atoms with Crippen molar-refractivity contribution in [2.75, 3.05) is 33.3 Å². The van der Waals surface area contributed by atoms with E-state index in [1.807, 2.05) is 24.7 Å². The van der Waals surface area contributed by atoms with E-state index in [-0.39, 0.29) is 0 Å². The zero-order valence-electron chi connectivity index (χ0n) is 18.1. The Bertz CT molecular complexity index is 741. The van der Waals surface area contributed by atoms with Gasteiger partial charge in [0.05, 0.1) is 19.5 Å². The number of hydrogen-bond acceptors (Lipinski definition) is 3. The minimum atomic E-state index is 0.449. The molecular weight excluding hydrogens is 362 g/mol. The van der Waals surface area contributed by atoms with Gasteiger partial charge in [-0.2, -0.15) is 0 Å². The molecule has 1 saturated heterocycles. The minimum absolute atomic E-state index is 0.449. The zero-order chi connectivity index (χ0) is 20.5. The number of aliphatic imine (C=N–C) groups is 1. The molecule has 1 aliphatic rings. The van der Waals surface area contributed by atoms with Crippen LogP contribution in [0, 0.1) is 5.92 Å². The SMILES string of the molecule is CCNC(=NCCCCc1ccc(OC)cc1)N1CCC(C)C(n2ccnc2)C1. The first-order valence-electron chi connectivity index (χ1n) is 10.8. The van der Waals surface area contributed by atoms with E-state index >= 15 is 0 Å². The molecule has 2 heterocycles. The predicted octanol–water partition coefficient (Wildman–Crippen LogP) is 3.76. The molecule has 6 heteroatoms. The summed E-state index contributed by atoms with van der Waals surface area (Å²) in [6.07, 6.45) is 10.4. The van der Waals surface area contributed by atoms with Crippen LogP contribution >= 0.6 is 0 Å². The summed E-state index contributed by atoms with van der Waals surface area (Å²) in [6, 6.07) is 8.81. The van der Waals surface area contributed by atoms with Crippen LogP contribution < -0.4 is 10.1 Å². The van der Waals surface area contributed by atoms with Gasteiger partial charge >= 0.3 is 0 Å². The number of hydrogen-bond donors (Lipinski definition) is 1. The second kappa shape index (κ2) is 10.9. The fourth-order valence-electron chi connectivity index (χ4n) is 3.94. The number of nitrogens with zero attached hydrogens (tertiary/aromatic N) is 4. The van der Waals surface area contributed by atoms with Gasteiger partial charge in [0.25, 0.3) is 0 Å². The summed E-state index contributed by atoms with van der Waals surface area (Å²) in [7, 11) is 1.70. The van der Waals surface area contributed by atoms with Crippen LogP contribution in [-0.2, 0) is 6.42 Å². The van der Waals surface area contributed by atoms with Crippen molar-refractivity contribution >= 4 is 5.96 Å². The zero-order valence-corrected chi connectivity index (χ0v) is 18.1. The van der Waals surface area contributed by atoms with Gasteiger partial charge < -0.3 is 19.5 Å². The molecule has 2 unspecified atom stereocenters. The molecule has 0 aliphatic carbocycles. The topological polar surface area (TPSA) is 54.7 Å². The van der Waals surface area contributed by atoms with E-state index in [1.54, 1.807) is 7.11 Å². The Kier molecular flexibility index (Phi) is 7.96. The molecule has 1 aromatic carbocycles. The third-order valence-corrected chi connectivity index (χ3v) is 5.76. The molecule has 0 radical (unpaired) electrons. The number of guanidine groups is 1. The van der Waals surface area contributed by atoms with Crippen LogP contribution in [0.15, 0.2) is 48.0 Å². The van der Waals surface area contributed by atoms with Gasteiger partial charge in [0, 0.05) is 38.6 Å². The van der Waals surface area contributed by atoms with E-state index in [0.29, 0.717) is 12.0 Å². The van der Waals surface area contributed by atoms with E-state index in [9.17, 15) is 0 Å². The van der Waals surface area contributed by atoms with Gasteiger partial charge in [0.1, 0.15) is 5.75 Å². The first-order valence-corrected chi connectivity index (χ1v) is 10.8. The number of unbranched alkanes of at least 4 members (excludes halogenated alkanes) is 1. The van der Waals surface area contributed by atoms with Crippen LogP contribution in [0.1, 0.15) is 44.7 Å². The quantitative estimate of drug-likeness (QED) is 0.419. The Morgan fingerprint density at radius 1 is 1.28 bits per heavy atom. The summed E-state index contributed by atoms with van der Waals surface area (Å²) in [4.78, 5) is 11.6. The summed E-state index contributed by atoms with van der Waals surface area (Å²) in [5.74, 6) is 2.61. The highest BCUT2D eigenvalue weighted by atomic mass is 16.5. The molecule has 0 bridgehead atoms. The lowest BCUT2D eigenvalue weighted by atomic mass is 9.93. The predicted molar refractivity (Wildman–Crippen MR) is 119 cm³/mol. The van der Waals surface area contributed by atoms with Gasteiger partial charge in [-0.05, 0) is 56.2 Å². The summed E-state index contributed by atoms with van der Waals surface area (Å²) in [5.41, 5.74) is 1.36. The van der Waals surface area contributed by atoms with E-state index < -0.39 is 0 Å². The molecule has 2 atom stereocenters. The van der Waals surface area contributed by atoms with Gasteiger partial charge in [0.15, 0.2) is 5.96 Å². The third kappa shape index (κ3) is 5.99. The highest BCUT2D eigenvalue weighted by Crippen LogP contribution is 2.27. The van der Waals surface area contributed by atoms with Gasteiger partial charge in [-0.15, -0.1) is 0 Å². The fraction of sp³-hybridized carbons (Fsp3) is 0.565. The van der Waals surface area contributed by atoms with Crippen molar-refractivity contribution in [1.82, 2.24) is 19.8 Å². The first-order chi connectivity index (χ1) is 14.2. The molecular formula is C23H35N5O. The molecule has 158 valence electrons. The number of piperidine rings is 1. The lowest BCUT2D eigenvalue weighted by molar-refractivity contribution is 0.189. The number of aryl methyl sites for hydroxylation is 1. The smallest absolute Gasteiger partial charge is 0.193 e. The molecule has 0 amide bonds. The van der Waals surface area contributed by atoms with Crippen molar-refractivity contribution in [3.05, 3.63) is 48.5 Å². The number of imidazole rings is 1. The van der Waals surface area contributed by atoms with Gasteiger partial charge in [0.2, 0.25) is 0 Å². The summed E-state index contributed by atoms with van der Waals surface area (Å²) in [5, 5.41) is 3.49. The molecule has 1 aromatic heterocycles. The van der Waals surface area contributed by atoms with E-state index in [0.717, 1.165) is 57.2 Å². The van der Waals surface area contributed by atoms with Crippen LogP contribution in [0.5, 0.6) is 5.75 Å². The van der Waals surface area contributed by atoms with Crippen molar-refractivity contribution in [1.29, 1.82) is 0 Å². The molecule has 0 saturated carbocycles. The molecule has 1 aliphatic heterocycles. The van der Waals surface area contributed by atoms with Crippen LogP contribution in [-0.4, -0.2) is 53.7 Å². The van der Waals surface area contributed by atoms with Crippen LogP contribution in [0.3, 0.4) is 0 Å². The van der Waals surface area contributed by atoms with Crippen LogP contribution in [0.25, 0.3) is 0 Å². The minimum Gasteiger partial charge on any atom is -0.497 e. The van der Waals surface area contributed by atoms with E-state index in [4.69, 9.17) is 9.73 Å². The van der Waals surface area contributed by atoms with E-state index in [1.165, 1.54) is 12.0 Å². The maximum absolute atomic E-state index is 5.22. The van der Waals surface area contributed by atoms with Crippen molar-refractivity contribution in [2.24, 2.45) is 10.9 Å².